The number of pyridine rings is 1. The van der Waals surface area contributed by atoms with Crippen molar-refractivity contribution in [3.8, 4) is 0 Å². The van der Waals surface area contributed by atoms with Gasteiger partial charge in [0.2, 0.25) is 0 Å². The number of carbonyl (C=O) groups is 1. The van der Waals surface area contributed by atoms with Gasteiger partial charge < -0.3 is 9.88 Å². The molecule has 5 heteroatoms. The van der Waals surface area contributed by atoms with Crippen molar-refractivity contribution in [1.29, 1.82) is 0 Å². The summed E-state index contributed by atoms with van der Waals surface area (Å²) in [7, 11) is 0. The highest BCUT2D eigenvalue weighted by molar-refractivity contribution is 7.21. The molecule has 0 aliphatic carbocycles. The monoisotopic (exact) mass is 340 g/mol. The average molecular weight is 340 g/mol. The molecule has 1 N–H and O–H groups in total. The number of benzene rings is 1. The van der Waals surface area contributed by atoms with Gasteiger partial charge in [-0.2, -0.15) is 0 Å². The molecule has 1 amide bonds. The number of nitrogens with one attached hydrogen (secondary N) is 1. The lowest BCUT2D eigenvalue weighted by molar-refractivity contribution is 0.0702. The molecule has 0 spiro atoms. The van der Waals surface area contributed by atoms with Crippen molar-refractivity contribution in [2.75, 3.05) is 13.1 Å². The number of piperidine rings is 1. The van der Waals surface area contributed by atoms with Gasteiger partial charge in [-0.1, -0.05) is 18.6 Å². The summed E-state index contributed by atoms with van der Waals surface area (Å²) in [5.74, 6) is 0.745. The molecule has 1 fully saturated rings. The molecule has 2 aromatic heterocycles. The SMILES string of the molecule is Cc1ccc2[nH]c(=O)c3cc(C(=O)N4CCC(C)CC4)sc3c2c1. The summed E-state index contributed by atoms with van der Waals surface area (Å²) in [5.41, 5.74) is 1.84. The molecule has 0 atom stereocenters. The molecule has 124 valence electrons. The Bertz CT molecular complexity index is 994. The third-order valence-electron chi connectivity index (χ3n) is 4.93. The van der Waals surface area contributed by atoms with Gasteiger partial charge in [-0.05, 0) is 43.9 Å². The zero-order chi connectivity index (χ0) is 16.8. The zero-order valence-corrected chi connectivity index (χ0v) is 14.7. The van der Waals surface area contributed by atoms with Crippen LogP contribution >= 0.6 is 11.3 Å². The summed E-state index contributed by atoms with van der Waals surface area (Å²) < 4.78 is 0.908. The Morgan fingerprint density at radius 2 is 1.96 bits per heavy atom. The number of nitrogens with zero attached hydrogens (tertiary/aromatic N) is 1. The lowest BCUT2D eigenvalue weighted by Crippen LogP contribution is -2.37. The Labute approximate surface area is 144 Å². The normalized spacial score (nSPS) is 16.2. The van der Waals surface area contributed by atoms with E-state index in [2.05, 4.69) is 18.0 Å². The molecule has 4 rings (SSSR count). The van der Waals surface area contributed by atoms with Crippen LogP contribution in [0.3, 0.4) is 0 Å². The van der Waals surface area contributed by atoms with Gasteiger partial charge in [0.15, 0.2) is 0 Å². The molecule has 1 aliphatic heterocycles. The van der Waals surface area contributed by atoms with Crippen molar-refractivity contribution in [2.24, 2.45) is 5.92 Å². The maximum absolute atomic E-state index is 12.8. The van der Waals surface area contributed by atoms with Gasteiger partial charge in [0, 0.05) is 28.7 Å². The fourth-order valence-corrected chi connectivity index (χ4v) is 4.53. The summed E-state index contributed by atoms with van der Waals surface area (Å²) in [6.07, 6.45) is 2.11. The highest BCUT2D eigenvalue weighted by Gasteiger charge is 2.23. The molecule has 0 bridgehead atoms. The topological polar surface area (TPSA) is 53.2 Å². The third-order valence-corrected chi connectivity index (χ3v) is 6.08. The molecule has 3 aromatic rings. The maximum atomic E-state index is 12.8. The number of aryl methyl sites for hydroxylation is 1. The van der Waals surface area contributed by atoms with E-state index >= 15 is 0 Å². The first-order chi connectivity index (χ1) is 11.5. The number of amides is 1. The van der Waals surface area contributed by atoms with Gasteiger partial charge in [-0.25, -0.2) is 0 Å². The van der Waals surface area contributed by atoms with Crippen molar-refractivity contribution in [3.05, 3.63) is 45.1 Å². The number of hydrogen-bond donors (Lipinski definition) is 1. The molecule has 0 unspecified atom stereocenters. The number of aromatic amines is 1. The molecule has 3 heterocycles. The van der Waals surface area contributed by atoms with Crippen LogP contribution in [0.5, 0.6) is 0 Å². The van der Waals surface area contributed by atoms with Crippen molar-refractivity contribution >= 4 is 38.2 Å². The van der Waals surface area contributed by atoms with Crippen molar-refractivity contribution in [2.45, 2.75) is 26.7 Å². The van der Waals surface area contributed by atoms with E-state index < -0.39 is 0 Å². The number of hydrogen-bond acceptors (Lipinski definition) is 3. The Kier molecular flexibility index (Phi) is 3.68. The van der Waals surface area contributed by atoms with Gasteiger partial charge in [0.25, 0.3) is 11.5 Å². The number of fused-ring (bicyclic) bond motifs is 3. The van der Waals surface area contributed by atoms with E-state index in [1.165, 1.54) is 11.3 Å². The molecule has 1 aliphatic rings. The number of carbonyl (C=O) groups excluding carboxylic acids is 1. The lowest BCUT2D eigenvalue weighted by atomic mass is 9.99. The summed E-state index contributed by atoms with van der Waals surface area (Å²) >= 11 is 1.44. The van der Waals surface area contributed by atoms with Crippen LogP contribution in [-0.4, -0.2) is 28.9 Å². The predicted octanol–water partition coefficient (Wildman–Crippen LogP) is 3.92. The van der Waals surface area contributed by atoms with Crippen molar-refractivity contribution in [3.63, 3.8) is 0 Å². The highest BCUT2D eigenvalue weighted by Crippen LogP contribution is 2.31. The van der Waals surface area contributed by atoms with E-state index in [0.29, 0.717) is 16.2 Å². The summed E-state index contributed by atoms with van der Waals surface area (Å²) in [4.78, 5) is 30.7. The first-order valence-electron chi connectivity index (χ1n) is 8.38. The molecule has 24 heavy (non-hydrogen) atoms. The largest absolute Gasteiger partial charge is 0.338 e. The first-order valence-corrected chi connectivity index (χ1v) is 9.20. The second kappa shape index (κ2) is 5.74. The third kappa shape index (κ3) is 2.53. The van der Waals surface area contributed by atoms with Gasteiger partial charge in [-0.3, -0.25) is 9.59 Å². The van der Waals surface area contributed by atoms with Gasteiger partial charge in [0.1, 0.15) is 0 Å². The maximum Gasteiger partial charge on any atom is 0.263 e. The van der Waals surface area contributed by atoms with Crippen LogP contribution in [0.15, 0.2) is 29.1 Å². The van der Waals surface area contributed by atoms with Gasteiger partial charge in [0.05, 0.1) is 10.3 Å². The Morgan fingerprint density at radius 1 is 1.21 bits per heavy atom. The van der Waals surface area contributed by atoms with Crippen molar-refractivity contribution in [1.82, 2.24) is 9.88 Å². The minimum absolute atomic E-state index is 0.0586. The minimum atomic E-state index is -0.121. The Morgan fingerprint density at radius 3 is 2.71 bits per heavy atom. The van der Waals surface area contributed by atoms with E-state index in [-0.39, 0.29) is 11.5 Å². The lowest BCUT2D eigenvalue weighted by Gasteiger charge is -2.29. The first kappa shape index (κ1) is 15.4. The molecule has 0 radical (unpaired) electrons. The van der Waals surface area contributed by atoms with E-state index in [1.54, 1.807) is 6.07 Å². The number of rotatable bonds is 1. The molecule has 1 saturated heterocycles. The summed E-state index contributed by atoms with van der Waals surface area (Å²) in [5, 5.41) is 1.63. The number of likely N-dealkylation sites (tertiary alicyclic amines) is 1. The standard InChI is InChI=1S/C19H20N2O2S/c1-11-5-7-21(8-6-11)19(23)16-10-14-17(24-16)13-9-12(2)3-4-15(13)20-18(14)22/h3-4,9-11H,5-8H2,1-2H3,(H,20,22). The van der Waals surface area contributed by atoms with Crippen LogP contribution in [0.2, 0.25) is 0 Å². The van der Waals surface area contributed by atoms with Crippen LogP contribution in [0.1, 0.15) is 35.0 Å². The molecule has 0 saturated carbocycles. The average Bonchev–Trinajstić information content (AvgIpc) is 3.02. The van der Waals surface area contributed by atoms with Crippen LogP contribution in [-0.2, 0) is 0 Å². The van der Waals surface area contributed by atoms with E-state index in [0.717, 1.165) is 47.1 Å². The van der Waals surface area contributed by atoms with E-state index in [1.807, 2.05) is 24.0 Å². The fourth-order valence-electron chi connectivity index (χ4n) is 3.38. The predicted molar refractivity (Wildman–Crippen MR) is 99.0 cm³/mol. The molecular formula is C19H20N2O2S. The number of aromatic nitrogens is 1. The quantitative estimate of drug-likeness (QED) is 0.730. The molecule has 4 nitrogen and oxygen atoms in total. The van der Waals surface area contributed by atoms with Crippen LogP contribution < -0.4 is 5.56 Å². The smallest absolute Gasteiger partial charge is 0.263 e. The second-order valence-corrected chi connectivity index (χ2v) is 7.88. The molecule has 1 aromatic carbocycles. The fraction of sp³-hybridized carbons (Fsp3) is 0.368. The number of thiophene rings is 1. The Hall–Kier alpha value is -2.14. The highest BCUT2D eigenvalue weighted by atomic mass is 32.1. The van der Waals surface area contributed by atoms with Gasteiger partial charge in [-0.15, -0.1) is 11.3 Å². The Balaban J connectivity index is 1.81. The summed E-state index contributed by atoms with van der Waals surface area (Å²) in [6, 6.07) is 7.75. The second-order valence-electron chi connectivity index (χ2n) is 6.83. The van der Waals surface area contributed by atoms with Crippen LogP contribution in [0.4, 0.5) is 0 Å². The van der Waals surface area contributed by atoms with Gasteiger partial charge >= 0.3 is 0 Å². The molecular weight excluding hydrogens is 320 g/mol. The zero-order valence-electron chi connectivity index (χ0n) is 13.9. The minimum Gasteiger partial charge on any atom is -0.338 e. The van der Waals surface area contributed by atoms with E-state index in [9.17, 15) is 9.59 Å². The van der Waals surface area contributed by atoms with Crippen LogP contribution in [0.25, 0.3) is 21.0 Å². The van der Waals surface area contributed by atoms with E-state index in [4.69, 9.17) is 0 Å². The van der Waals surface area contributed by atoms with Crippen molar-refractivity contribution < 1.29 is 4.79 Å². The van der Waals surface area contributed by atoms with Crippen LogP contribution in [0, 0.1) is 12.8 Å². The summed E-state index contributed by atoms with van der Waals surface area (Å²) in [6.45, 7) is 5.88. The number of H-pyrrole nitrogens is 1.